The molecule has 0 amide bonds. The van der Waals surface area contributed by atoms with Crippen LogP contribution in [-0.4, -0.2) is 42.9 Å². The van der Waals surface area contributed by atoms with Crippen molar-refractivity contribution in [2.24, 2.45) is 0 Å². The Morgan fingerprint density at radius 1 is 1.39 bits per heavy atom. The third kappa shape index (κ3) is 3.10. The molecule has 1 aliphatic heterocycles. The molecule has 1 saturated heterocycles. The van der Waals surface area contributed by atoms with E-state index in [2.05, 4.69) is 37.9 Å². The lowest BCUT2D eigenvalue weighted by atomic mass is 10.0. The lowest BCUT2D eigenvalue weighted by Gasteiger charge is -2.25. The zero-order valence-corrected chi connectivity index (χ0v) is 11.5. The highest BCUT2D eigenvalue weighted by Gasteiger charge is 2.22. The molecule has 0 aromatic heterocycles. The minimum Gasteiger partial charge on any atom is -0.387 e. The minimum atomic E-state index is -0.421. The van der Waals surface area contributed by atoms with Gasteiger partial charge in [0.05, 0.1) is 12.7 Å². The zero-order valence-electron chi connectivity index (χ0n) is 11.5. The van der Waals surface area contributed by atoms with Crippen molar-refractivity contribution < 1.29 is 9.84 Å². The second-order valence-corrected chi connectivity index (χ2v) is 5.32. The van der Waals surface area contributed by atoms with E-state index in [0.717, 1.165) is 25.2 Å². The standard InChI is InChI=1S/C15H23NO2/c1-11-4-5-13(8-12(11)2)15(17)9-16(3)14-6-7-18-10-14/h4-5,8,14-15,17H,6-7,9-10H2,1-3H3. The van der Waals surface area contributed by atoms with Crippen molar-refractivity contribution in [3.63, 3.8) is 0 Å². The monoisotopic (exact) mass is 249 g/mol. The van der Waals surface area contributed by atoms with Crippen LogP contribution in [0.1, 0.15) is 29.2 Å². The summed E-state index contributed by atoms with van der Waals surface area (Å²) in [5.41, 5.74) is 3.51. The van der Waals surface area contributed by atoms with E-state index in [1.54, 1.807) is 0 Å². The Labute approximate surface area is 109 Å². The molecule has 1 aromatic rings. The molecule has 0 saturated carbocycles. The fraction of sp³-hybridized carbons (Fsp3) is 0.600. The molecular weight excluding hydrogens is 226 g/mol. The van der Waals surface area contributed by atoms with Crippen LogP contribution in [0, 0.1) is 13.8 Å². The van der Waals surface area contributed by atoms with E-state index in [-0.39, 0.29) is 0 Å². The highest BCUT2D eigenvalue weighted by Crippen LogP contribution is 2.20. The summed E-state index contributed by atoms with van der Waals surface area (Å²) in [6.45, 7) is 6.47. The van der Waals surface area contributed by atoms with Crippen LogP contribution in [0.5, 0.6) is 0 Å². The summed E-state index contributed by atoms with van der Waals surface area (Å²) >= 11 is 0. The molecule has 2 atom stereocenters. The van der Waals surface area contributed by atoms with Crippen LogP contribution in [0.15, 0.2) is 18.2 Å². The van der Waals surface area contributed by atoms with Crippen LogP contribution >= 0.6 is 0 Å². The van der Waals surface area contributed by atoms with Gasteiger partial charge in [-0.2, -0.15) is 0 Å². The third-order valence-corrected chi connectivity index (χ3v) is 3.91. The van der Waals surface area contributed by atoms with E-state index in [4.69, 9.17) is 4.74 Å². The van der Waals surface area contributed by atoms with Gasteiger partial charge in [-0.25, -0.2) is 0 Å². The summed E-state index contributed by atoms with van der Waals surface area (Å²) in [4.78, 5) is 2.20. The molecule has 1 fully saturated rings. The molecule has 0 spiro atoms. The summed E-state index contributed by atoms with van der Waals surface area (Å²) < 4.78 is 5.38. The van der Waals surface area contributed by atoms with Crippen LogP contribution in [0.2, 0.25) is 0 Å². The van der Waals surface area contributed by atoms with Crippen molar-refractivity contribution >= 4 is 0 Å². The summed E-state index contributed by atoms with van der Waals surface area (Å²) in [5.74, 6) is 0. The number of aliphatic hydroxyl groups is 1. The summed E-state index contributed by atoms with van der Waals surface area (Å²) in [6.07, 6.45) is 0.644. The molecule has 0 bridgehead atoms. The topological polar surface area (TPSA) is 32.7 Å². The number of nitrogens with zero attached hydrogens (tertiary/aromatic N) is 1. The van der Waals surface area contributed by atoms with Crippen LogP contribution in [0.3, 0.4) is 0 Å². The molecular formula is C15H23NO2. The molecule has 2 rings (SSSR count). The van der Waals surface area contributed by atoms with Gasteiger partial charge in [0.2, 0.25) is 0 Å². The van der Waals surface area contributed by atoms with Gasteiger partial charge in [-0.3, -0.25) is 4.90 Å². The number of likely N-dealkylation sites (N-methyl/N-ethyl adjacent to an activating group) is 1. The Bertz CT molecular complexity index is 399. The van der Waals surface area contributed by atoms with E-state index < -0.39 is 6.10 Å². The fourth-order valence-corrected chi connectivity index (χ4v) is 2.37. The average molecular weight is 249 g/mol. The molecule has 1 aliphatic rings. The van der Waals surface area contributed by atoms with Crippen molar-refractivity contribution in [1.82, 2.24) is 4.90 Å². The van der Waals surface area contributed by atoms with E-state index in [9.17, 15) is 5.11 Å². The van der Waals surface area contributed by atoms with Crippen molar-refractivity contribution in [2.75, 3.05) is 26.8 Å². The quantitative estimate of drug-likeness (QED) is 0.886. The molecule has 3 nitrogen and oxygen atoms in total. The third-order valence-electron chi connectivity index (χ3n) is 3.91. The van der Waals surface area contributed by atoms with Crippen molar-refractivity contribution in [2.45, 2.75) is 32.4 Å². The van der Waals surface area contributed by atoms with Crippen LogP contribution in [0.25, 0.3) is 0 Å². The molecule has 1 aromatic carbocycles. The van der Waals surface area contributed by atoms with Gasteiger partial charge in [0, 0.05) is 19.2 Å². The molecule has 2 unspecified atom stereocenters. The summed E-state index contributed by atoms with van der Waals surface area (Å²) in [5, 5.41) is 10.3. The maximum Gasteiger partial charge on any atom is 0.0917 e. The van der Waals surface area contributed by atoms with Gasteiger partial charge >= 0.3 is 0 Å². The molecule has 3 heteroatoms. The van der Waals surface area contributed by atoms with Gasteiger partial charge in [0.15, 0.2) is 0 Å². The second-order valence-electron chi connectivity index (χ2n) is 5.32. The highest BCUT2D eigenvalue weighted by atomic mass is 16.5. The van der Waals surface area contributed by atoms with E-state index in [1.165, 1.54) is 11.1 Å². The van der Waals surface area contributed by atoms with E-state index >= 15 is 0 Å². The molecule has 0 radical (unpaired) electrons. The molecule has 100 valence electrons. The fourth-order valence-electron chi connectivity index (χ4n) is 2.37. The Morgan fingerprint density at radius 3 is 2.78 bits per heavy atom. The molecule has 1 heterocycles. The van der Waals surface area contributed by atoms with Crippen LogP contribution in [-0.2, 0) is 4.74 Å². The molecule has 1 N–H and O–H groups in total. The largest absolute Gasteiger partial charge is 0.387 e. The predicted molar refractivity (Wildman–Crippen MR) is 72.7 cm³/mol. The van der Waals surface area contributed by atoms with E-state index in [0.29, 0.717) is 12.6 Å². The van der Waals surface area contributed by atoms with Crippen LogP contribution in [0.4, 0.5) is 0 Å². The first-order chi connectivity index (χ1) is 8.58. The Kier molecular flexibility index (Phi) is 4.38. The van der Waals surface area contributed by atoms with Crippen LogP contribution < -0.4 is 0 Å². The van der Waals surface area contributed by atoms with Crippen molar-refractivity contribution in [3.8, 4) is 0 Å². The lowest BCUT2D eigenvalue weighted by Crippen LogP contribution is -2.35. The Hall–Kier alpha value is -0.900. The van der Waals surface area contributed by atoms with Crippen molar-refractivity contribution in [1.29, 1.82) is 0 Å². The van der Waals surface area contributed by atoms with Gasteiger partial charge in [-0.1, -0.05) is 18.2 Å². The number of rotatable bonds is 4. The molecule has 18 heavy (non-hydrogen) atoms. The number of hydrogen-bond acceptors (Lipinski definition) is 3. The Balaban J connectivity index is 1.97. The van der Waals surface area contributed by atoms with Gasteiger partial charge in [-0.05, 0) is 44.0 Å². The lowest BCUT2D eigenvalue weighted by molar-refractivity contribution is 0.0950. The summed E-state index contributed by atoms with van der Waals surface area (Å²) in [7, 11) is 2.06. The predicted octanol–water partition coefficient (Wildman–Crippen LogP) is 2.06. The van der Waals surface area contributed by atoms with Gasteiger partial charge in [-0.15, -0.1) is 0 Å². The Morgan fingerprint density at radius 2 is 2.17 bits per heavy atom. The SMILES string of the molecule is Cc1ccc(C(O)CN(C)C2CCOC2)cc1C. The zero-order chi connectivity index (χ0) is 13.1. The number of benzene rings is 1. The first-order valence-electron chi connectivity index (χ1n) is 6.61. The number of aliphatic hydroxyl groups excluding tert-OH is 1. The van der Waals surface area contributed by atoms with E-state index in [1.807, 2.05) is 6.07 Å². The minimum absolute atomic E-state index is 0.421. The summed E-state index contributed by atoms with van der Waals surface area (Å²) in [6, 6.07) is 6.63. The van der Waals surface area contributed by atoms with Gasteiger partial charge in [0.1, 0.15) is 0 Å². The first kappa shape index (κ1) is 13.5. The number of hydrogen-bond donors (Lipinski definition) is 1. The first-order valence-corrected chi connectivity index (χ1v) is 6.61. The normalized spacial score (nSPS) is 21.5. The maximum absolute atomic E-state index is 10.3. The smallest absolute Gasteiger partial charge is 0.0917 e. The second kappa shape index (κ2) is 5.83. The highest BCUT2D eigenvalue weighted by molar-refractivity contribution is 5.31. The maximum atomic E-state index is 10.3. The van der Waals surface area contributed by atoms with Gasteiger partial charge in [0.25, 0.3) is 0 Å². The van der Waals surface area contributed by atoms with Crippen molar-refractivity contribution in [3.05, 3.63) is 34.9 Å². The average Bonchev–Trinajstić information content (AvgIpc) is 2.86. The van der Waals surface area contributed by atoms with Gasteiger partial charge < -0.3 is 9.84 Å². The number of ether oxygens (including phenoxy) is 1. The molecule has 0 aliphatic carbocycles. The number of aryl methyl sites for hydroxylation is 2.